The maximum Gasteiger partial charge on any atom is 0.335 e. The monoisotopic (exact) mass is 455 g/mol. The van der Waals surface area contributed by atoms with Crippen LogP contribution in [0, 0.1) is 0 Å². The molecule has 1 heterocycles. The minimum atomic E-state index is -1.01. The second-order valence-electron chi connectivity index (χ2n) is 7.14. The van der Waals surface area contributed by atoms with Gasteiger partial charge in [-0.3, -0.25) is 19.3 Å². The number of rotatable bonds is 8. The van der Waals surface area contributed by atoms with E-state index in [-0.39, 0.29) is 23.2 Å². The Labute approximate surface area is 188 Å². The van der Waals surface area contributed by atoms with Crippen LogP contribution in [0.2, 0.25) is 0 Å². The van der Waals surface area contributed by atoms with Crippen LogP contribution in [0.15, 0.2) is 53.4 Å². The minimum absolute atomic E-state index is 0.175. The van der Waals surface area contributed by atoms with Crippen molar-refractivity contribution in [3.8, 4) is 5.75 Å². The van der Waals surface area contributed by atoms with E-state index in [4.69, 9.17) is 14.6 Å². The van der Waals surface area contributed by atoms with Crippen molar-refractivity contribution in [2.75, 3.05) is 6.54 Å². The van der Waals surface area contributed by atoms with Gasteiger partial charge < -0.3 is 14.6 Å². The number of aromatic carboxylic acids is 1. The fourth-order valence-electron chi connectivity index (χ4n) is 2.84. The summed E-state index contributed by atoms with van der Waals surface area (Å²) in [5.74, 6) is -1.74. The lowest BCUT2D eigenvalue weighted by molar-refractivity contribution is -0.149. The zero-order chi connectivity index (χ0) is 23.3. The predicted molar refractivity (Wildman–Crippen MR) is 118 cm³/mol. The molecule has 0 aromatic heterocycles. The second-order valence-corrected chi connectivity index (χ2v) is 8.13. The van der Waals surface area contributed by atoms with Crippen molar-refractivity contribution >= 4 is 40.9 Å². The Balaban J connectivity index is 1.72. The Morgan fingerprint density at radius 2 is 1.78 bits per heavy atom. The van der Waals surface area contributed by atoms with E-state index in [0.717, 1.165) is 22.2 Å². The number of ether oxygens (including phenoxy) is 2. The number of para-hydroxylation sites is 1. The minimum Gasteiger partial charge on any atom is -0.488 e. The van der Waals surface area contributed by atoms with Crippen molar-refractivity contribution in [3.63, 3.8) is 0 Å². The third-order valence-corrected chi connectivity index (χ3v) is 5.24. The summed E-state index contributed by atoms with van der Waals surface area (Å²) in [5, 5.41) is 8.44. The average molecular weight is 455 g/mol. The van der Waals surface area contributed by atoms with Gasteiger partial charge in [-0.25, -0.2) is 4.79 Å². The summed E-state index contributed by atoms with van der Waals surface area (Å²) in [6.45, 7) is 3.12. The number of hydrogen-bond donors (Lipinski definition) is 1. The van der Waals surface area contributed by atoms with Gasteiger partial charge in [-0.2, -0.15) is 0 Å². The molecule has 0 atom stereocenters. The molecule has 0 radical (unpaired) electrons. The van der Waals surface area contributed by atoms with Gasteiger partial charge in [0.05, 0.1) is 16.6 Å². The molecule has 1 N–H and O–H groups in total. The molecule has 0 bridgehead atoms. The number of imide groups is 1. The maximum atomic E-state index is 12.6. The van der Waals surface area contributed by atoms with Gasteiger partial charge in [-0.15, -0.1) is 0 Å². The topological polar surface area (TPSA) is 110 Å². The van der Waals surface area contributed by atoms with Gasteiger partial charge in [-0.05, 0) is 55.4 Å². The number of nitrogens with zero attached hydrogens (tertiary/aromatic N) is 1. The van der Waals surface area contributed by atoms with Crippen LogP contribution in [-0.2, 0) is 20.9 Å². The van der Waals surface area contributed by atoms with E-state index in [2.05, 4.69) is 0 Å². The van der Waals surface area contributed by atoms with E-state index in [1.165, 1.54) is 12.1 Å². The molecule has 1 saturated heterocycles. The highest BCUT2D eigenvalue weighted by Gasteiger charge is 2.37. The Bertz CT molecular complexity index is 1080. The van der Waals surface area contributed by atoms with Crippen LogP contribution in [0.1, 0.15) is 35.3 Å². The molecule has 1 fully saturated rings. The van der Waals surface area contributed by atoms with Gasteiger partial charge in [0.1, 0.15) is 18.9 Å². The fraction of sp³-hybridized carbons (Fsp3) is 0.217. The number of carboxylic acid groups (broad SMARTS) is 1. The van der Waals surface area contributed by atoms with Crippen LogP contribution in [0.4, 0.5) is 4.79 Å². The normalized spacial score (nSPS) is 14.8. The third kappa shape index (κ3) is 5.76. The number of benzene rings is 2. The highest BCUT2D eigenvalue weighted by atomic mass is 32.2. The highest BCUT2D eigenvalue weighted by Crippen LogP contribution is 2.34. The van der Waals surface area contributed by atoms with Gasteiger partial charge in [0.2, 0.25) is 0 Å². The Morgan fingerprint density at radius 1 is 1.09 bits per heavy atom. The smallest absolute Gasteiger partial charge is 0.335 e. The van der Waals surface area contributed by atoms with Gasteiger partial charge in [-0.1, -0.05) is 30.3 Å². The molecule has 8 nitrogen and oxygen atoms in total. The van der Waals surface area contributed by atoms with Crippen molar-refractivity contribution in [1.82, 2.24) is 4.90 Å². The van der Waals surface area contributed by atoms with Crippen molar-refractivity contribution in [1.29, 1.82) is 0 Å². The first-order valence-corrected chi connectivity index (χ1v) is 10.5. The van der Waals surface area contributed by atoms with Gasteiger partial charge in [0.15, 0.2) is 0 Å². The molecule has 2 aromatic rings. The van der Waals surface area contributed by atoms with Crippen molar-refractivity contribution in [2.45, 2.75) is 26.6 Å². The van der Waals surface area contributed by atoms with Crippen LogP contribution in [0.3, 0.4) is 0 Å². The lowest BCUT2D eigenvalue weighted by Crippen LogP contribution is -2.35. The average Bonchev–Trinajstić information content (AvgIpc) is 3.00. The summed E-state index contributed by atoms with van der Waals surface area (Å²) < 4.78 is 10.9. The maximum absolute atomic E-state index is 12.6. The second kappa shape index (κ2) is 10.1. The van der Waals surface area contributed by atoms with E-state index in [9.17, 15) is 19.2 Å². The van der Waals surface area contributed by atoms with Gasteiger partial charge >= 0.3 is 11.9 Å². The molecule has 1 aliphatic heterocycles. The quantitative estimate of drug-likeness (QED) is 0.471. The molecule has 0 aliphatic carbocycles. The predicted octanol–water partition coefficient (Wildman–Crippen LogP) is 3.95. The molecule has 0 spiro atoms. The van der Waals surface area contributed by atoms with E-state index in [0.29, 0.717) is 11.3 Å². The SMILES string of the molecule is CC(C)OC(=O)CN1C(=O)S/C(=C/c2ccccc2OCc2ccc(C(=O)O)cc2)C1=O. The van der Waals surface area contributed by atoms with Crippen LogP contribution < -0.4 is 4.74 Å². The number of carboxylic acids is 1. The first-order chi connectivity index (χ1) is 15.2. The van der Waals surface area contributed by atoms with E-state index >= 15 is 0 Å². The summed E-state index contributed by atoms with van der Waals surface area (Å²) in [6, 6.07) is 13.3. The number of carbonyl (C=O) groups is 4. The zero-order valence-electron chi connectivity index (χ0n) is 17.4. The standard InChI is InChI=1S/C23H21NO7S/c1-14(2)31-20(25)12-24-21(26)19(32-23(24)29)11-17-5-3-4-6-18(17)30-13-15-7-9-16(10-8-15)22(27)28/h3-11,14H,12-13H2,1-2H3,(H,27,28)/b19-11+. The summed E-state index contributed by atoms with van der Waals surface area (Å²) in [7, 11) is 0. The molecule has 1 aliphatic rings. The lowest BCUT2D eigenvalue weighted by Gasteiger charge is -2.13. The number of hydrogen-bond acceptors (Lipinski definition) is 7. The first kappa shape index (κ1) is 23.1. The molecule has 0 unspecified atom stereocenters. The van der Waals surface area contributed by atoms with Crippen molar-refractivity contribution in [2.24, 2.45) is 0 Å². The lowest BCUT2D eigenvalue weighted by atomic mass is 10.1. The first-order valence-electron chi connectivity index (χ1n) is 9.73. The molecule has 166 valence electrons. The molecule has 2 aromatic carbocycles. The van der Waals surface area contributed by atoms with Gasteiger partial charge in [0.25, 0.3) is 11.1 Å². The van der Waals surface area contributed by atoms with Crippen LogP contribution >= 0.6 is 11.8 Å². The number of carbonyl (C=O) groups excluding carboxylic acids is 3. The van der Waals surface area contributed by atoms with Crippen molar-refractivity contribution < 1.29 is 33.8 Å². The number of esters is 1. The molecular formula is C23H21NO7S. The molecule has 3 rings (SSSR count). The van der Waals surface area contributed by atoms with Crippen LogP contribution in [0.25, 0.3) is 6.08 Å². The number of amides is 2. The third-order valence-electron chi connectivity index (χ3n) is 4.33. The fourth-order valence-corrected chi connectivity index (χ4v) is 3.67. The summed E-state index contributed by atoms with van der Waals surface area (Å²) >= 11 is 0.745. The molecule has 0 saturated carbocycles. The van der Waals surface area contributed by atoms with Crippen LogP contribution in [-0.4, -0.2) is 45.7 Å². The summed E-state index contributed by atoms with van der Waals surface area (Å²) in [5.41, 5.74) is 1.54. The highest BCUT2D eigenvalue weighted by molar-refractivity contribution is 8.18. The molecule has 2 amide bonds. The van der Waals surface area contributed by atoms with Crippen LogP contribution in [0.5, 0.6) is 5.75 Å². The largest absolute Gasteiger partial charge is 0.488 e. The Morgan fingerprint density at radius 3 is 2.44 bits per heavy atom. The van der Waals surface area contributed by atoms with Crippen molar-refractivity contribution in [3.05, 3.63) is 70.1 Å². The summed E-state index contributed by atoms with van der Waals surface area (Å²) in [4.78, 5) is 48.7. The molecule has 32 heavy (non-hydrogen) atoms. The van der Waals surface area contributed by atoms with E-state index in [1.807, 2.05) is 0 Å². The summed E-state index contributed by atoms with van der Waals surface area (Å²) in [6.07, 6.45) is 1.20. The zero-order valence-corrected chi connectivity index (χ0v) is 18.3. The Hall–Kier alpha value is -3.59. The number of thioether (sulfide) groups is 1. The van der Waals surface area contributed by atoms with Gasteiger partial charge in [0, 0.05) is 5.56 Å². The molecular weight excluding hydrogens is 434 g/mol. The van der Waals surface area contributed by atoms with E-state index < -0.39 is 29.6 Å². The van der Waals surface area contributed by atoms with E-state index in [1.54, 1.807) is 56.3 Å². The molecule has 9 heteroatoms. The Kier molecular flexibility index (Phi) is 7.32.